The minimum absolute atomic E-state index is 0. The van der Waals surface area contributed by atoms with Gasteiger partial charge in [-0.1, -0.05) is 12.5 Å². The van der Waals surface area contributed by atoms with Crippen LogP contribution in [0, 0.1) is 0 Å². The Morgan fingerprint density at radius 2 is 1.84 bits per heavy atom. The van der Waals surface area contributed by atoms with Gasteiger partial charge in [0, 0.05) is 44.7 Å². The molecule has 1 fully saturated rings. The number of ether oxygens (including phenoxy) is 3. The minimum atomic E-state index is 0. The smallest absolute Gasteiger partial charge is 0.222 e. The van der Waals surface area contributed by atoms with E-state index in [9.17, 15) is 4.79 Å². The number of guanidine groups is 1. The van der Waals surface area contributed by atoms with E-state index in [1.807, 2.05) is 24.0 Å². The van der Waals surface area contributed by atoms with Crippen molar-refractivity contribution in [3.63, 3.8) is 0 Å². The minimum Gasteiger partial charge on any atom is -0.493 e. The molecule has 9 heteroatoms. The highest BCUT2D eigenvalue weighted by molar-refractivity contribution is 14.0. The van der Waals surface area contributed by atoms with E-state index in [1.54, 1.807) is 21.3 Å². The van der Waals surface area contributed by atoms with Crippen LogP contribution in [-0.4, -0.2) is 70.8 Å². The average molecular weight is 562 g/mol. The topological polar surface area (TPSA) is 84.4 Å². The standard InChI is InChI=1S/C23H38N4O4.HI/c1-5-24-23(25-14-9-17-27-16-8-6-7-10-20(27)28)26-15-13-18-11-12-19(29-2)22(31-4)21(18)30-3;/h11-12H,5-10,13-17H2,1-4H3,(H2,24,25,26);1H. The van der Waals surface area contributed by atoms with Gasteiger partial charge in [0.25, 0.3) is 0 Å². The number of nitrogens with one attached hydrogen (secondary N) is 2. The first kappa shape index (κ1) is 28.1. The Kier molecular flexibility index (Phi) is 13.9. The highest BCUT2D eigenvalue weighted by atomic mass is 127. The Balaban J connectivity index is 0.00000512. The van der Waals surface area contributed by atoms with Gasteiger partial charge in [-0.3, -0.25) is 9.79 Å². The number of hydrogen-bond acceptors (Lipinski definition) is 5. The van der Waals surface area contributed by atoms with Crippen LogP contribution in [0.5, 0.6) is 17.2 Å². The van der Waals surface area contributed by atoms with Crippen molar-refractivity contribution in [1.29, 1.82) is 0 Å². The Hall–Kier alpha value is -1.91. The monoisotopic (exact) mass is 562 g/mol. The molecule has 1 aromatic rings. The third kappa shape index (κ3) is 8.55. The SMILES string of the molecule is CCNC(=NCCCN1CCCCCC1=O)NCCc1ccc(OC)c(OC)c1OC.I. The molecular formula is C23H39IN4O4. The van der Waals surface area contributed by atoms with E-state index in [4.69, 9.17) is 14.2 Å². The lowest BCUT2D eigenvalue weighted by molar-refractivity contribution is -0.130. The number of halogens is 1. The van der Waals surface area contributed by atoms with E-state index in [-0.39, 0.29) is 29.9 Å². The van der Waals surface area contributed by atoms with Crippen molar-refractivity contribution in [2.45, 2.75) is 45.4 Å². The summed E-state index contributed by atoms with van der Waals surface area (Å²) in [5.74, 6) is 3.01. The Morgan fingerprint density at radius 1 is 1.06 bits per heavy atom. The van der Waals surface area contributed by atoms with Gasteiger partial charge in [-0.25, -0.2) is 0 Å². The van der Waals surface area contributed by atoms with Gasteiger partial charge in [0.2, 0.25) is 11.7 Å². The first-order chi connectivity index (χ1) is 15.1. The second-order valence-corrected chi connectivity index (χ2v) is 7.48. The van der Waals surface area contributed by atoms with Crippen molar-refractivity contribution in [2.75, 3.05) is 54.1 Å². The summed E-state index contributed by atoms with van der Waals surface area (Å²) in [4.78, 5) is 18.8. The molecule has 0 aromatic heterocycles. The van der Waals surface area contributed by atoms with Crippen LogP contribution in [0.4, 0.5) is 0 Å². The van der Waals surface area contributed by atoms with E-state index in [2.05, 4.69) is 15.6 Å². The van der Waals surface area contributed by atoms with Crippen LogP contribution >= 0.6 is 24.0 Å². The average Bonchev–Trinajstić information content (AvgIpc) is 2.99. The van der Waals surface area contributed by atoms with Crippen molar-refractivity contribution in [3.8, 4) is 17.2 Å². The lowest BCUT2D eigenvalue weighted by Crippen LogP contribution is -2.38. The maximum Gasteiger partial charge on any atom is 0.222 e. The molecule has 1 saturated heterocycles. The number of methoxy groups -OCH3 is 3. The molecule has 1 aliphatic heterocycles. The van der Waals surface area contributed by atoms with Crippen molar-refractivity contribution in [2.24, 2.45) is 4.99 Å². The lowest BCUT2D eigenvalue weighted by atomic mass is 10.1. The molecule has 0 spiro atoms. The van der Waals surface area contributed by atoms with Crippen LogP contribution in [0.1, 0.15) is 44.6 Å². The zero-order chi connectivity index (χ0) is 22.5. The zero-order valence-corrected chi connectivity index (χ0v) is 22.2. The maximum atomic E-state index is 12.1. The Morgan fingerprint density at radius 3 is 2.53 bits per heavy atom. The second-order valence-electron chi connectivity index (χ2n) is 7.48. The van der Waals surface area contributed by atoms with Gasteiger partial charge in [0.05, 0.1) is 21.3 Å². The van der Waals surface area contributed by atoms with Crippen molar-refractivity contribution in [1.82, 2.24) is 15.5 Å². The fourth-order valence-corrected chi connectivity index (χ4v) is 3.74. The molecule has 0 saturated carbocycles. The lowest BCUT2D eigenvalue weighted by Gasteiger charge is -2.20. The first-order valence-electron chi connectivity index (χ1n) is 11.2. The molecule has 2 N–H and O–H groups in total. The molecule has 1 aliphatic rings. The van der Waals surface area contributed by atoms with Crippen LogP contribution in [0.3, 0.4) is 0 Å². The van der Waals surface area contributed by atoms with Gasteiger partial charge in [-0.2, -0.15) is 0 Å². The van der Waals surface area contributed by atoms with Crippen LogP contribution in [0.2, 0.25) is 0 Å². The summed E-state index contributed by atoms with van der Waals surface area (Å²) in [6.45, 7) is 5.88. The van der Waals surface area contributed by atoms with Gasteiger partial charge in [0.15, 0.2) is 17.5 Å². The summed E-state index contributed by atoms with van der Waals surface area (Å²) in [5.41, 5.74) is 1.03. The molecule has 2 rings (SSSR count). The van der Waals surface area contributed by atoms with Crippen LogP contribution in [-0.2, 0) is 11.2 Å². The van der Waals surface area contributed by atoms with Gasteiger partial charge in [-0.15, -0.1) is 24.0 Å². The number of carbonyl (C=O) groups is 1. The third-order valence-corrected chi connectivity index (χ3v) is 5.34. The number of rotatable bonds is 11. The van der Waals surface area contributed by atoms with Gasteiger partial charge in [0.1, 0.15) is 0 Å². The highest BCUT2D eigenvalue weighted by Crippen LogP contribution is 2.39. The van der Waals surface area contributed by atoms with Crippen LogP contribution < -0.4 is 24.8 Å². The van der Waals surface area contributed by atoms with Crippen molar-refractivity contribution in [3.05, 3.63) is 17.7 Å². The third-order valence-electron chi connectivity index (χ3n) is 5.34. The molecule has 0 radical (unpaired) electrons. The zero-order valence-electron chi connectivity index (χ0n) is 19.9. The fraction of sp³-hybridized carbons (Fsp3) is 0.652. The van der Waals surface area contributed by atoms with E-state index in [1.165, 1.54) is 0 Å². The number of likely N-dealkylation sites (tertiary alicyclic amines) is 1. The van der Waals surface area contributed by atoms with Gasteiger partial charge >= 0.3 is 0 Å². The molecule has 32 heavy (non-hydrogen) atoms. The van der Waals surface area contributed by atoms with Crippen molar-refractivity contribution < 1.29 is 19.0 Å². The summed E-state index contributed by atoms with van der Waals surface area (Å²) in [7, 11) is 4.85. The molecule has 0 aliphatic carbocycles. The maximum absolute atomic E-state index is 12.1. The van der Waals surface area contributed by atoms with E-state index < -0.39 is 0 Å². The fourth-order valence-electron chi connectivity index (χ4n) is 3.74. The molecule has 1 heterocycles. The molecule has 1 aromatic carbocycles. The Labute approximate surface area is 209 Å². The summed E-state index contributed by atoms with van der Waals surface area (Å²) < 4.78 is 16.4. The number of hydrogen-bond donors (Lipinski definition) is 2. The van der Waals surface area contributed by atoms with Crippen LogP contribution in [0.25, 0.3) is 0 Å². The molecule has 0 bridgehead atoms. The van der Waals surface area contributed by atoms with Gasteiger partial charge < -0.3 is 29.7 Å². The molecule has 0 unspecified atom stereocenters. The number of aliphatic imine (C=N–C) groups is 1. The Bertz CT molecular complexity index is 730. The summed E-state index contributed by atoms with van der Waals surface area (Å²) >= 11 is 0. The predicted octanol–water partition coefficient (Wildman–Crippen LogP) is 3.22. The molecule has 1 amide bonds. The molecular weight excluding hydrogens is 523 g/mol. The molecule has 8 nitrogen and oxygen atoms in total. The number of amides is 1. The number of carbonyl (C=O) groups excluding carboxylic acids is 1. The van der Waals surface area contributed by atoms with Gasteiger partial charge in [-0.05, 0) is 38.7 Å². The number of nitrogens with zero attached hydrogens (tertiary/aromatic N) is 2. The summed E-state index contributed by atoms with van der Waals surface area (Å²) in [6.07, 6.45) is 5.58. The first-order valence-corrected chi connectivity index (χ1v) is 11.2. The quantitative estimate of drug-likeness (QED) is 0.187. The van der Waals surface area contributed by atoms with Crippen molar-refractivity contribution >= 4 is 35.8 Å². The van der Waals surface area contributed by atoms with Crippen LogP contribution in [0.15, 0.2) is 17.1 Å². The second kappa shape index (κ2) is 15.8. The predicted molar refractivity (Wildman–Crippen MR) is 139 cm³/mol. The summed E-state index contributed by atoms with van der Waals surface area (Å²) in [6, 6.07) is 3.88. The summed E-state index contributed by atoms with van der Waals surface area (Å²) in [5, 5.41) is 6.65. The number of benzene rings is 1. The largest absolute Gasteiger partial charge is 0.493 e. The normalized spacial score (nSPS) is 14.3. The molecule has 0 atom stereocenters. The van der Waals surface area contributed by atoms with E-state index >= 15 is 0 Å². The van der Waals surface area contributed by atoms with E-state index in [0.29, 0.717) is 36.8 Å². The van der Waals surface area contributed by atoms with E-state index in [0.717, 1.165) is 63.3 Å². The highest BCUT2D eigenvalue weighted by Gasteiger charge is 2.16. The molecule has 182 valence electrons.